The Labute approximate surface area is 141 Å². The number of fused-ring (bicyclic) bond motifs is 1. The highest BCUT2D eigenvalue weighted by molar-refractivity contribution is 5.65. The van der Waals surface area contributed by atoms with Gasteiger partial charge in [-0.25, -0.2) is 4.98 Å². The summed E-state index contributed by atoms with van der Waals surface area (Å²) in [5.74, 6) is 0.199. The number of aromatic nitrogens is 5. The van der Waals surface area contributed by atoms with Crippen LogP contribution in [0, 0.1) is 6.92 Å². The van der Waals surface area contributed by atoms with Crippen molar-refractivity contribution in [2.24, 2.45) is 0 Å². The Bertz CT molecular complexity index is 941. The highest BCUT2D eigenvalue weighted by atomic mass is 19.4. The highest BCUT2D eigenvalue weighted by Crippen LogP contribution is 2.30. The van der Waals surface area contributed by atoms with E-state index in [1.165, 1.54) is 16.6 Å². The number of allylic oxidation sites excluding steroid dienone is 2. The summed E-state index contributed by atoms with van der Waals surface area (Å²) in [4.78, 5) is 4.21. The van der Waals surface area contributed by atoms with Crippen molar-refractivity contribution in [2.45, 2.75) is 26.4 Å². The zero-order valence-corrected chi connectivity index (χ0v) is 13.5. The summed E-state index contributed by atoms with van der Waals surface area (Å²) in [7, 11) is 0. The van der Waals surface area contributed by atoms with E-state index in [9.17, 15) is 13.2 Å². The zero-order chi connectivity index (χ0) is 18.2. The predicted octanol–water partition coefficient (Wildman–Crippen LogP) is 3.07. The molecule has 3 rings (SSSR count). The molecule has 6 nitrogen and oxygen atoms in total. The number of nitrogens with two attached hydrogens (primary N) is 1. The van der Waals surface area contributed by atoms with Gasteiger partial charge in [-0.15, -0.1) is 5.10 Å². The lowest BCUT2D eigenvalue weighted by molar-refractivity contribution is -0.137. The van der Waals surface area contributed by atoms with Gasteiger partial charge in [-0.1, -0.05) is 18.2 Å². The summed E-state index contributed by atoms with van der Waals surface area (Å²) < 4.78 is 39.2. The molecule has 0 bridgehead atoms. The Morgan fingerprint density at radius 2 is 1.92 bits per heavy atom. The normalized spacial score (nSPS) is 12.8. The van der Waals surface area contributed by atoms with Gasteiger partial charge in [-0.05, 0) is 54.0 Å². The van der Waals surface area contributed by atoms with Crippen molar-refractivity contribution in [2.75, 3.05) is 5.73 Å². The van der Waals surface area contributed by atoms with Crippen LogP contribution in [0.15, 0.2) is 30.3 Å². The molecule has 0 aliphatic carbocycles. The number of halogens is 3. The second kappa shape index (κ2) is 6.15. The quantitative estimate of drug-likeness (QED) is 0.787. The van der Waals surface area contributed by atoms with Gasteiger partial charge in [0.2, 0.25) is 5.95 Å². The topological polar surface area (TPSA) is 82.0 Å². The van der Waals surface area contributed by atoms with Crippen LogP contribution in [0.4, 0.5) is 19.1 Å². The molecule has 0 spiro atoms. The molecule has 2 aromatic heterocycles. The predicted molar refractivity (Wildman–Crippen MR) is 86.5 cm³/mol. The third-order valence-electron chi connectivity index (χ3n) is 3.96. The van der Waals surface area contributed by atoms with E-state index in [4.69, 9.17) is 5.73 Å². The summed E-state index contributed by atoms with van der Waals surface area (Å²) >= 11 is 0. The Balaban J connectivity index is 1.88. The lowest BCUT2D eigenvalue weighted by atomic mass is 10.0. The molecule has 25 heavy (non-hydrogen) atoms. The summed E-state index contributed by atoms with van der Waals surface area (Å²) in [5, 5.41) is 11.3. The Kier molecular flexibility index (Phi) is 4.15. The number of benzene rings is 1. The number of nitrogens with zero attached hydrogens (tertiary/aromatic N) is 5. The van der Waals surface area contributed by atoms with Gasteiger partial charge >= 0.3 is 6.18 Å². The molecule has 0 radical (unpaired) electrons. The molecule has 1 aromatic carbocycles. The van der Waals surface area contributed by atoms with Crippen LogP contribution in [-0.4, -0.2) is 25.0 Å². The van der Waals surface area contributed by atoms with Gasteiger partial charge in [-0.2, -0.15) is 17.7 Å². The molecule has 130 valence electrons. The minimum absolute atomic E-state index is 0.199. The maximum absolute atomic E-state index is 12.6. The molecule has 0 saturated carbocycles. The molecule has 0 aliphatic heterocycles. The van der Waals surface area contributed by atoms with E-state index in [2.05, 4.69) is 20.5 Å². The second-order valence-electron chi connectivity index (χ2n) is 5.61. The molecule has 0 saturated heterocycles. The molecule has 9 heteroatoms. The van der Waals surface area contributed by atoms with Crippen molar-refractivity contribution in [3.8, 4) is 0 Å². The van der Waals surface area contributed by atoms with Crippen molar-refractivity contribution in [3.05, 3.63) is 52.7 Å². The van der Waals surface area contributed by atoms with Crippen molar-refractivity contribution < 1.29 is 13.2 Å². The summed E-state index contributed by atoms with van der Waals surface area (Å²) in [5.41, 5.74) is 8.69. The van der Waals surface area contributed by atoms with Gasteiger partial charge in [-0.3, -0.25) is 0 Å². The first-order chi connectivity index (χ1) is 11.8. The molecule has 0 fully saturated rings. The molecule has 0 amide bonds. The number of hydrogen-bond acceptors (Lipinski definition) is 5. The molecule has 0 aliphatic rings. The van der Waals surface area contributed by atoms with Crippen molar-refractivity contribution in [1.29, 1.82) is 0 Å². The van der Waals surface area contributed by atoms with Crippen molar-refractivity contribution in [1.82, 2.24) is 25.0 Å². The summed E-state index contributed by atoms with van der Waals surface area (Å²) in [6, 6.07) is 5.06. The first-order valence-electron chi connectivity index (χ1n) is 7.45. The molecule has 0 atom stereocenters. The number of nitrogen functional groups attached to an aromatic ring is 1. The van der Waals surface area contributed by atoms with Gasteiger partial charge in [0.05, 0.1) is 5.56 Å². The minimum Gasteiger partial charge on any atom is -0.368 e. The Morgan fingerprint density at radius 1 is 1.24 bits per heavy atom. The lowest BCUT2D eigenvalue weighted by Crippen LogP contribution is -2.07. The van der Waals surface area contributed by atoms with Gasteiger partial charge in [0, 0.05) is 11.3 Å². The van der Waals surface area contributed by atoms with E-state index in [1.54, 1.807) is 0 Å². The van der Waals surface area contributed by atoms with Crippen LogP contribution in [0.25, 0.3) is 11.2 Å². The van der Waals surface area contributed by atoms with Crippen LogP contribution in [0.5, 0.6) is 0 Å². The SMILES string of the molecule is CC(=CCc1c(C)nc(N)n2nnnc12)c1ccc(C(F)(F)F)cc1. The fourth-order valence-corrected chi connectivity index (χ4v) is 2.51. The summed E-state index contributed by atoms with van der Waals surface area (Å²) in [6.45, 7) is 3.64. The number of tetrazole rings is 1. The molecule has 3 aromatic rings. The number of rotatable bonds is 3. The highest BCUT2D eigenvalue weighted by Gasteiger charge is 2.29. The number of alkyl halides is 3. The van der Waals surface area contributed by atoms with Crippen LogP contribution < -0.4 is 5.73 Å². The standard InChI is InChI=1S/C16H15F3N6/c1-9(11-4-6-12(7-5-11)16(17,18)19)3-8-13-10(2)21-15(20)25-14(13)22-23-24-25/h3-7H,8H2,1-2H3,(H2,20,21). The first-order valence-corrected chi connectivity index (χ1v) is 7.45. The van der Waals surface area contributed by atoms with Crippen LogP contribution in [0.3, 0.4) is 0 Å². The third-order valence-corrected chi connectivity index (χ3v) is 3.96. The zero-order valence-electron chi connectivity index (χ0n) is 13.5. The fourth-order valence-electron chi connectivity index (χ4n) is 2.51. The van der Waals surface area contributed by atoms with E-state index in [0.29, 0.717) is 23.3 Å². The first kappa shape index (κ1) is 16.9. The smallest absolute Gasteiger partial charge is 0.368 e. The number of aryl methyl sites for hydroxylation is 1. The van der Waals surface area contributed by atoms with E-state index >= 15 is 0 Å². The van der Waals surface area contributed by atoms with Crippen molar-refractivity contribution >= 4 is 17.2 Å². The van der Waals surface area contributed by atoms with Gasteiger partial charge < -0.3 is 5.73 Å². The van der Waals surface area contributed by atoms with Crippen LogP contribution >= 0.6 is 0 Å². The maximum atomic E-state index is 12.6. The van der Waals surface area contributed by atoms with E-state index in [0.717, 1.165) is 23.3 Å². The lowest BCUT2D eigenvalue weighted by Gasteiger charge is -2.09. The summed E-state index contributed by atoms with van der Waals surface area (Å²) in [6.07, 6.45) is -1.96. The number of anilines is 1. The molecule has 2 heterocycles. The van der Waals surface area contributed by atoms with Crippen LogP contribution in [0.1, 0.15) is 29.3 Å². The van der Waals surface area contributed by atoms with Crippen LogP contribution in [-0.2, 0) is 12.6 Å². The largest absolute Gasteiger partial charge is 0.416 e. The average molecular weight is 348 g/mol. The van der Waals surface area contributed by atoms with Gasteiger partial charge in [0.1, 0.15) is 0 Å². The number of hydrogen-bond donors (Lipinski definition) is 1. The Hall–Kier alpha value is -2.97. The molecule has 2 N–H and O–H groups in total. The van der Waals surface area contributed by atoms with Crippen LogP contribution in [0.2, 0.25) is 0 Å². The minimum atomic E-state index is -4.34. The molecule has 0 unspecified atom stereocenters. The van der Waals surface area contributed by atoms with E-state index < -0.39 is 11.7 Å². The monoisotopic (exact) mass is 348 g/mol. The van der Waals surface area contributed by atoms with Gasteiger partial charge in [0.15, 0.2) is 5.65 Å². The second-order valence-corrected chi connectivity index (χ2v) is 5.61. The average Bonchev–Trinajstić information content (AvgIpc) is 3.03. The van der Waals surface area contributed by atoms with Crippen molar-refractivity contribution in [3.63, 3.8) is 0 Å². The maximum Gasteiger partial charge on any atom is 0.416 e. The van der Waals surface area contributed by atoms with E-state index in [-0.39, 0.29) is 5.95 Å². The Morgan fingerprint density at radius 3 is 2.56 bits per heavy atom. The fraction of sp³-hybridized carbons (Fsp3) is 0.250. The third kappa shape index (κ3) is 3.30. The van der Waals surface area contributed by atoms with E-state index in [1.807, 2.05) is 19.9 Å². The molecular formula is C16H15F3N6. The molecular weight excluding hydrogens is 333 g/mol. The van der Waals surface area contributed by atoms with Gasteiger partial charge in [0.25, 0.3) is 0 Å².